The number of nitrogen functional groups attached to an aromatic ring is 1. The molecule has 124 valence electrons. The Morgan fingerprint density at radius 2 is 2.00 bits per heavy atom. The Balaban J connectivity index is 2.17. The Hall–Kier alpha value is -1.44. The second-order valence-corrected chi connectivity index (χ2v) is 6.44. The zero-order chi connectivity index (χ0) is 17.0. The average molecular weight is 374 g/mol. The van der Waals surface area contributed by atoms with Crippen molar-refractivity contribution in [2.24, 2.45) is 0 Å². The van der Waals surface area contributed by atoms with Crippen LogP contribution in [0.2, 0.25) is 10.0 Å². The van der Waals surface area contributed by atoms with Gasteiger partial charge in [0, 0.05) is 23.7 Å². The highest BCUT2D eigenvalue weighted by Gasteiger charge is 2.17. The number of carbonyl (C=O) groups is 1. The zero-order valence-corrected chi connectivity index (χ0v) is 15.1. The minimum absolute atomic E-state index is 0.0327. The molecule has 1 aromatic carbocycles. The predicted octanol–water partition coefficient (Wildman–Crippen LogP) is 2.93. The van der Waals surface area contributed by atoms with Crippen molar-refractivity contribution in [3.8, 4) is 11.4 Å². The third kappa shape index (κ3) is 4.10. The van der Waals surface area contributed by atoms with Gasteiger partial charge in [-0.1, -0.05) is 35.0 Å². The summed E-state index contributed by atoms with van der Waals surface area (Å²) >= 11 is 13.4. The smallest absolute Gasteiger partial charge is 0.233 e. The summed E-state index contributed by atoms with van der Waals surface area (Å²) in [4.78, 5) is 13.8. The van der Waals surface area contributed by atoms with E-state index in [9.17, 15) is 4.79 Å². The molecule has 9 heteroatoms. The second-order valence-electron chi connectivity index (χ2n) is 4.66. The molecule has 0 atom stereocenters. The molecule has 0 bridgehead atoms. The lowest BCUT2D eigenvalue weighted by molar-refractivity contribution is -0.127. The second kappa shape index (κ2) is 7.90. The number of carbonyl (C=O) groups excluding carboxylic acids is 1. The number of hydrogen-bond acceptors (Lipinski definition) is 5. The van der Waals surface area contributed by atoms with Gasteiger partial charge in [-0.2, -0.15) is 0 Å². The highest BCUT2D eigenvalue weighted by Crippen LogP contribution is 2.30. The van der Waals surface area contributed by atoms with Crippen molar-refractivity contribution in [3.05, 3.63) is 28.2 Å². The summed E-state index contributed by atoms with van der Waals surface area (Å²) in [5, 5.41) is 9.52. The largest absolute Gasteiger partial charge is 0.343 e. The lowest BCUT2D eigenvalue weighted by Gasteiger charge is -2.17. The van der Waals surface area contributed by atoms with Gasteiger partial charge in [-0.05, 0) is 32.0 Å². The first-order valence-electron chi connectivity index (χ1n) is 7.04. The maximum Gasteiger partial charge on any atom is 0.233 e. The van der Waals surface area contributed by atoms with E-state index >= 15 is 0 Å². The molecule has 6 nitrogen and oxygen atoms in total. The van der Waals surface area contributed by atoms with Gasteiger partial charge in [0.15, 0.2) is 5.82 Å². The van der Waals surface area contributed by atoms with Crippen LogP contribution in [-0.2, 0) is 4.79 Å². The number of amides is 1. The van der Waals surface area contributed by atoms with Gasteiger partial charge < -0.3 is 10.7 Å². The molecule has 1 amide bonds. The summed E-state index contributed by atoms with van der Waals surface area (Å²) in [6.45, 7) is 5.23. The van der Waals surface area contributed by atoms with Crippen molar-refractivity contribution in [2.75, 3.05) is 24.7 Å². The van der Waals surface area contributed by atoms with Crippen LogP contribution in [0, 0.1) is 0 Å². The van der Waals surface area contributed by atoms with Crippen LogP contribution in [0.15, 0.2) is 23.4 Å². The highest BCUT2D eigenvalue weighted by molar-refractivity contribution is 7.99. The fourth-order valence-corrected chi connectivity index (χ4v) is 3.16. The number of rotatable bonds is 6. The number of nitrogens with zero attached hydrogens (tertiary/aromatic N) is 4. The van der Waals surface area contributed by atoms with Crippen molar-refractivity contribution >= 4 is 40.9 Å². The molecular formula is C14H17Cl2N5OS. The molecule has 1 aromatic heterocycles. The van der Waals surface area contributed by atoms with Gasteiger partial charge in [-0.25, -0.2) is 4.68 Å². The molecule has 0 aliphatic heterocycles. The minimum atomic E-state index is 0.0327. The average Bonchev–Trinajstić information content (AvgIpc) is 2.89. The molecule has 0 saturated heterocycles. The van der Waals surface area contributed by atoms with Gasteiger partial charge in [0.25, 0.3) is 0 Å². The van der Waals surface area contributed by atoms with Crippen molar-refractivity contribution in [3.63, 3.8) is 0 Å². The number of nitrogens with two attached hydrogens (primary N) is 1. The molecule has 2 aromatic rings. The topological polar surface area (TPSA) is 77.0 Å². The monoisotopic (exact) mass is 373 g/mol. The van der Waals surface area contributed by atoms with Crippen LogP contribution in [0.5, 0.6) is 0 Å². The number of aromatic nitrogens is 3. The minimum Gasteiger partial charge on any atom is -0.343 e. The van der Waals surface area contributed by atoms with Crippen LogP contribution >= 0.6 is 35.0 Å². The normalized spacial score (nSPS) is 10.8. The number of thioether (sulfide) groups is 1. The first-order valence-corrected chi connectivity index (χ1v) is 8.78. The first-order chi connectivity index (χ1) is 11.0. The van der Waals surface area contributed by atoms with Crippen LogP contribution in [-0.4, -0.2) is 44.5 Å². The quantitative estimate of drug-likeness (QED) is 0.622. The Kier molecular flexibility index (Phi) is 6.15. The van der Waals surface area contributed by atoms with E-state index in [1.807, 2.05) is 13.8 Å². The van der Waals surface area contributed by atoms with Gasteiger partial charge >= 0.3 is 0 Å². The van der Waals surface area contributed by atoms with Gasteiger partial charge in [0.2, 0.25) is 11.1 Å². The van der Waals surface area contributed by atoms with E-state index in [1.165, 1.54) is 16.4 Å². The highest BCUT2D eigenvalue weighted by atomic mass is 35.5. The van der Waals surface area contributed by atoms with E-state index < -0.39 is 0 Å². The van der Waals surface area contributed by atoms with E-state index in [1.54, 1.807) is 23.1 Å². The molecule has 0 aliphatic rings. The number of halogens is 2. The molecule has 2 N–H and O–H groups in total. The molecule has 0 aliphatic carbocycles. The van der Waals surface area contributed by atoms with E-state index in [4.69, 9.17) is 29.0 Å². The Morgan fingerprint density at radius 3 is 2.65 bits per heavy atom. The van der Waals surface area contributed by atoms with Crippen LogP contribution in [0.3, 0.4) is 0 Å². The zero-order valence-electron chi connectivity index (χ0n) is 12.8. The van der Waals surface area contributed by atoms with Gasteiger partial charge in [-0.3, -0.25) is 4.79 Å². The molecular weight excluding hydrogens is 357 g/mol. The van der Waals surface area contributed by atoms with E-state index in [0.29, 0.717) is 39.7 Å². The number of hydrogen-bond donors (Lipinski definition) is 1. The SMILES string of the molecule is CCN(CC)C(=O)CSc1nnc(-c2cc(Cl)ccc2Cl)n1N. The summed E-state index contributed by atoms with van der Waals surface area (Å²) in [5.41, 5.74) is 0.594. The molecule has 0 saturated carbocycles. The molecule has 1 heterocycles. The van der Waals surface area contributed by atoms with Crippen molar-refractivity contribution in [1.29, 1.82) is 0 Å². The van der Waals surface area contributed by atoms with Crippen LogP contribution in [0.4, 0.5) is 0 Å². The third-order valence-electron chi connectivity index (χ3n) is 3.27. The summed E-state index contributed by atoms with van der Waals surface area (Å²) in [5.74, 6) is 6.71. The Labute approximate surface area is 148 Å². The molecule has 23 heavy (non-hydrogen) atoms. The van der Waals surface area contributed by atoms with Gasteiger partial charge in [0.05, 0.1) is 10.8 Å². The third-order valence-corrected chi connectivity index (χ3v) is 4.77. The van der Waals surface area contributed by atoms with E-state index in [0.717, 1.165) is 0 Å². The molecule has 2 rings (SSSR count). The Bertz CT molecular complexity index is 702. The Morgan fingerprint density at radius 1 is 1.30 bits per heavy atom. The maximum atomic E-state index is 12.0. The maximum absolute atomic E-state index is 12.0. The van der Waals surface area contributed by atoms with E-state index in [-0.39, 0.29) is 11.7 Å². The summed E-state index contributed by atoms with van der Waals surface area (Å²) < 4.78 is 1.32. The summed E-state index contributed by atoms with van der Waals surface area (Å²) in [6, 6.07) is 5.03. The molecule has 0 fully saturated rings. The molecule has 0 radical (unpaired) electrons. The first kappa shape index (κ1) is 17.9. The van der Waals surface area contributed by atoms with Crippen LogP contribution < -0.4 is 5.84 Å². The summed E-state index contributed by atoms with van der Waals surface area (Å²) in [7, 11) is 0. The fraction of sp³-hybridized carbons (Fsp3) is 0.357. The van der Waals surface area contributed by atoms with Gasteiger partial charge in [-0.15, -0.1) is 10.2 Å². The lowest BCUT2D eigenvalue weighted by Crippen LogP contribution is -2.32. The molecule has 0 unspecified atom stereocenters. The predicted molar refractivity (Wildman–Crippen MR) is 94.3 cm³/mol. The van der Waals surface area contributed by atoms with Crippen molar-refractivity contribution in [2.45, 2.75) is 19.0 Å². The van der Waals surface area contributed by atoms with E-state index in [2.05, 4.69) is 10.2 Å². The van der Waals surface area contributed by atoms with Crippen molar-refractivity contribution in [1.82, 2.24) is 19.8 Å². The number of benzene rings is 1. The summed E-state index contributed by atoms with van der Waals surface area (Å²) in [6.07, 6.45) is 0. The fourth-order valence-electron chi connectivity index (χ4n) is 2.02. The van der Waals surface area contributed by atoms with Crippen molar-refractivity contribution < 1.29 is 4.79 Å². The lowest BCUT2D eigenvalue weighted by atomic mass is 10.2. The standard InChI is InChI=1S/C14H17Cl2N5OS/c1-3-20(4-2)12(22)8-23-14-19-18-13(21(14)17)10-7-9(15)5-6-11(10)16/h5-7H,3-4,8,17H2,1-2H3. The van der Waals surface area contributed by atoms with Crippen LogP contribution in [0.25, 0.3) is 11.4 Å². The molecule has 0 spiro atoms. The van der Waals surface area contributed by atoms with Gasteiger partial charge in [0.1, 0.15) is 0 Å². The van der Waals surface area contributed by atoms with Crippen LogP contribution in [0.1, 0.15) is 13.8 Å².